The highest BCUT2D eigenvalue weighted by Gasteiger charge is 2.11. The molecular formula is C22H19N5O. The molecule has 0 spiro atoms. The van der Waals surface area contributed by atoms with Crippen molar-refractivity contribution < 1.29 is 4.74 Å². The van der Waals surface area contributed by atoms with Crippen LogP contribution >= 0.6 is 0 Å². The van der Waals surface area contributed by atoms with Crippen molar-refractivity contribution in [2.75, 3.05) is 7.11 Å². The van der Waals surface area contributed by atoms with Crippen molar-refractivity contribution in [1.82, 2.24) is 19.9 Å². The highest BCUT2D eigenvalue weighted by Crippen LogP contribution is 2.31. The highest BCUT2D eigenvalue weighted by molar-refractivity contribution is 5.74. The van der Waals surface area contributed by atoms with E-state index >= 15 is 0 Å². The Morgan fingerprint density at radius 1 is 0.893 bits per heavy atom. The molecule has 28 heavy (non-hydrogen) atoms. The smallest absolute Gasteiger partial charge is 0.178 e. The molecule has 0 saturated heterocycles. The van der Waals surface area contributed by atoms with Crippen molar-refractivity contribution >= 4 is 0 Å². The van der Waals surface area contributed by atoms with Crippen LogP contribution in [-0.2, 0) is 6.54 Å². The molecule has 1 aromatic carbocycles. The molecule has 0 amide bonds. The predicted molar refractivity (Wildman–Crippen MR) is 108 cm³/mol. The summed E-state index contributed by atoms with van der Waals surface area (Å²) < 4.78 is 5.48. The van der Waals surface area contributed by atoms with E-state index in [9.17, 15) is 0 Å². The van der Waals surface area contributed by atoms with E-state index in [-0.39, 0.29) is 0 Å². The number of pyridine rings is 2. The molecule has 2 N–H and O–H groups in total. The fraction of sp³-hybridized carbons (Fsp3) is 0.0909. The van der Waals surface area contributed by atoms with Crippen LogP contribution in [0.25, 0.3) is 33.9 Å². The zero-order valence-electron chi connectivity index (χ0n) is 15.4. The van der Waals surface area contributed by atoms with Crippen molar-refractivity contribution in [1.29, 1.82) is 0 Å². The van der Waals surface area contributed by atoms with Crippen LogP contribution < -0.4 is 10.5 Å². The summed E-state index contributed by atoms with van der Waals surface area (Å²) in [5.41, 5.74) is 10.8. The minimum absolute atomic E-state index is 0.314. The number of hydrogen-bond donors (Lipinski definition) is 1. The molecule has 0 atom stereocenters. The third kappa shape index (κ3) is 3.58. The van der Waals surface area contributed by atoms with Gasteiger partial charge in [-0.1, -0.05) is 24.3 Å². The monoisotopic (exact) mass is 369 g/mol. The highest BCUT2D eigenvalue weighted by atomic mass is 16.5. The standard InChI is InChI=1S/C22H19N5O/c1-28-21-8-3-2-6-18(21)15-10-16(14-24-13-15)20-11-17(12-23)26-22(27-20)19-7-4-5-9-25-19/h2-11,13-14H,12,23H2,1H3. The van der Waals surface area contributed by atoms with E-state index in [1.165, 1.54) is 0 Å². The Morgan fingerprint density at radius 2 is 1.71 bits per heavy atom. The van der Waals surface area contributed by atoms with Crippen molar-refractivity contribution in [3.8, 4) is 39.7 Å². The lowest BCUT2D eigenvalue weighted by molar-refractivity contribution is 0.416. The summed E-state index contributed by atoms with van der Waals surface area (Å²) in [5.74, 6) is 1.34. The molecule has 138 valence electrons. The quantitative estimate of drug-likeness (QED) is 0.577. The Morgan fingerprint density at radius 3 is 2.50 bits per heavy atom. The van der Waals surface area contributed by atoms with E-state index in [1.807, 2.05) is 60.8 Å². The molecule has 4 aromatic rings. The number of rotatable bonds is 5. The first kappa shape index (κ1) is 17.8. The van der Waals surface area contributed by atoms with Crippen molar-refractivity contribution in [3.05, 3.63) is 78.9 Å². The van der Waals surface area contributed by atoms with Crippen LogP contribution in [0.15, 0.2) is 73.2 Å². The molecule has 0 unspecified atom stereocenters. The summed E-state index contributed by atoms with van der Waals surface area (Å²) in [4.78, 5) is 18.0. The Balaban J connectivity index is 1.81. The van der Waals surface area contributed by atoms with E-state index in [4.69, 9.17) is 15.5 Å². The lowest BCUT2D eigenvalue weighted by atomic mass is 10.0. The second kappa shape index (κ2) is 7.94. The molecule has 0 aliphatic rings. The van der Waals surface area contributed by atoms with Gasteiger partial charge in [0.1, 0.15) is 11.4 Å². The summed E-state index contributed by atoms with van der Waals surface area (Å²) in [6.07, 6.45) is 5.31. The molecule has 0 bridgehead atoms. The van der Waals surface area contributed by atoms with Crippen molar-refractivity contribution in [2.45, 2.75) is 6.54 Å². The zero-order chi connectivity index (χ0) is 19.3. The SMILES string of the molecule is COc1ccccc1-c1cncc(-c2cc(CN)nc(-c3ccccn3)n2)c1. The van der Waals surface area contributed by atoms with Crippen LogP contribution in [0.1, 0.15) is 5.69 Å². The Kier molecular flexibility index (Phi) is 5.03. The van der Waals surface area contributed by atoms with Crippen LogP contribution in [0.5, 0.6) is 5.75 Å². The summed E-state index contributed by atoms with van der Waals surface area (Å²) >= 11 is 0. The van der Waals surface area contributed by atoms with Gasteiger partial charge in [-0.25, -0.2) is 9.97 Å². The normalized spacial score (nSPS) is 10.6. The Labute approximate surface area is 163 Å². The van der Waals surface area contributed by atoms with Crippen LogP contribution in [0, 0.1) is 0 Å². The van der Waals surface area contributed by atoms with Gasteiger partial charge in [-0.3, -0.25) is 9.97 Å². The maximum atomic E-state index is 5.86. The average molecular weight is 369 g/mol. The minimum Gasteiger partial charge on any atom is -0.496 e. The summed E-state index contributed by atoms with van der Waals surface area (Å²) in [6.45, 7) is 0.314. The summed E-state index contributed by atoms with van der Waals surface area (Å²) in [5, 5.41) is 0. The van der Waals surface area contributed by atoms with E-state index in [0.717, 1.165) is 33.8 Å². The maximum Gasteiger partial charge on any atom is 0.178 e. The van der Waals surface area contributed by atoms with E-state index in [1.54, 1.807) is 19.5 Å². The minimum atomic E-state index is 0.314. The summed E-state index contributed by atoms with van der Waals surface area (Å²) in [6, 6.07) is 17.4. The Hall–Kier alpha value is -3.64. The van der Waals surface area contributed by atoms with E-state index in [2.05, 4.69) is 15.0 Å². The first-order valence-corrected chi connectivity index (χ1v) is 8.86. The lowest BCUT2D eigenvalue weighted by Gasteiger charge is -2.10. The van der Waals surface area contributed by atoms with Gasteiger partial charge in [0.05, 0.1) is 18.5 Å². The number of nitrogens with two attached hydrogens (primary N) is 1. The Bertz CT molecular complexity index is 1100. The average Bonchev–Trinajstić information content (AvgIpc) is 2.79. The molecule has 3 aromatic heterocycles. The van der Waals surface area contributed by atoms with Gasteiger partial charge in [-0.15, -0.1) is 0 Å². The van der Waals surface area contributed by atoms with Gasteiger partial charge in [-0.2, -0.15) is 0 Å². The molecule has 0 aliphatic heterocycles. The first-order valence-electron chi connectivity index (χ1n) is 8.86. The van der Waals surface area contributed by atoms with Crippen molar-refractivity contribution in [3.63, 3.8) is 0 Å². The second-order valence-corrected chi connectivity index (χ2v) is 6.15. The number of para-hydroxylation sites is 1. The molecule has 0 fully saturated rings. The predicted octanol–water partition coefficient (Wildman–Crippen LogP) is 3.73. The maximum absolute atomic E-state index is 5.86. The van der Waals surface area contributed by atoms with Crippen LogP contribution in [0.4, 0.5) is 0 Å². The summed E-state index contributed by atoms with van der Waals surface area (Å²) in [7, 11) is 1.66. The largest absolute Gasteiger partial charge is 0.496 e. The van der Waals surface area contributed by atoms with Gasteiger partial charge in [0.2, 0.25) is 0 Å². The molecular weight excluding hydrogens is 350 g/mol. The lowest BCUT2D eigenvalue weighted by Crippen LogP contribution is -2.04. The van der Waals surface area contributed by atoms with Gasteiger partial charge in [-0.05, 0) is 30.3 Å². The molecule has 6 nitrogen and oxygen atoms in total. The number of methoxy groups -OCH3 is 1. The molecule has 6 heteroatoms. The zero-order valence-corrected chi connectivity index (χ0v) is 15.4. The van der Waals surface area contributed by atoms with E-state index < -0.39 is 0 Å². The fourth-order valence-electron chi connectivity index (χ4n) is 2.97. The van der Waals surface area contributed by atoms with Gasteiger partial charge < -0.3 is 10.5 Å². The van der Waals surface area contributed by atoms with Gasteiger partial charge in [0, 0.05) is 41.8 Å². The third-order valence-electron chi connectivity index (χ3n) is 4.33. The molecule has 4 rings (SSSR count). The molecule has 0 saturated carbocycles. The van der Waals surface area contributed by atoms with Gasteiger partial charge in [0.25, 0.3) is 0 Å². The first-order chi connectivity index (χ1) is 13.8. The fourth-order valence-corrected chi connectivity index (χ4v) is 2.97. The van der Waals surface area contributed by atoms with Gasteiger partial charge >= 0.3 is 0 Å². The van der Waals surface area contributed by atoms with Crippen LogP contribution in [0.3, 0.4) is 0 Å². The van der Waals surface area contributed by atoms with Crippen LogP contribution in [-0.4, -0.2) is 27.0 Å². The topological polar surface area (TPSA) is 86.8 Å². The number of hydrogen-bond acceptors (Lipinski definition) is 6. The van der Waals surface area contributed by atoms with Crippen molar-refractivity contribution in [2.24, 2.45) is 5.73 Å². The van der Waals surface area contributed by atoms with Crippen LogP contribution in [0.2, 0.25) is 0 Å². The van der Waals surface area contributed by atoms with Gasteiger partial charge in [0.15, 0.2) is 5.82 Å². The second-order valence-electron chi connectivity index (χ2n) is 6.15. The molecule has 0 aliphatic carbocycles. The third-order valence-corrected chi connectivity index (χ3v) is 4.33. The molecule has 0 radical (unpaired) electrons. The number of aromatic nitrogens is 4. The number of ether oxygens (including phenoxy) is 1. The van der Waals surface area contributed by atoms with E-state index in [0.29, 0.717) is 18.1 Å². The number of nitrogens with zero attached hydrogens (tertiary/aromatic N) is 4. The number of benzene rings is 1. The molecule has 3 heterocycles.